The van der Waals surface area contributed by atoms with Crippen molar-refractivity contribution in [1.82, 2.24) is 14.9 Å². The van der Waals surface area contributed by atoms with Gasteiger partial charge in [0.1, 0.15) is 11.5 Å². The first-order chi connectivity index (χ1) is 12.7. The largest absolute Gasteiger partial charge is 0.497 e. The Morgan fingerprint density at radius 3 is 2.77 bits per heavy atom. The summed E-state index contributed by atoms with van der Waals surface area (Å²) in [6.45, 7) is 1.05. The average Bonchev–Trinajstić information content (AvgIpc) is 3.19. The zero-order chi connectivity index (χ0) is 18.4. The molecule has 1 heterocycles. The molecule has 1 amide bonds. The monoisotopic (exact) mass is 351 g/mol. The lowest BCUT2D eigenvalue weighted by atomic mass is 10.1. The molecule has 0 aliphatic heterocycles. The van der Waals surface area contributed by atoms with Crippen molar-refractivity contribution in [1.29, 1.82) is 0 Å². The molecule has 3 aromatic rings. The van der Waals surface area contributed by atoms with Crippen LogP contribution in [0.25, 0.3) is 0 Å². The van der Waals surface area contributed by atoms with Crippen LogP contribution in [0.3, 0.4) is 0 Å². The topological polar surface area (TPSA) is 65.4 Å². The summed E-state index contributed by atoms with van der Waals surface area (Å²) < 4.78 is 12.5. The minimum absolute atomic E-state index is 0.129. The molecule has 2 aromatic carbocycles. The predicted molar refractivity (Wildman–Crippen MR) is 98.5 cm³/mol. The normalized spacial score (nSPS) is 10.4. The number of nitrogens with one attached hydrogen (secondary N) is 1. The minimum atomic E-state index is -0.129. The third-order valence-electron chi connectivity index (χ3n) is 4.05. The van der Waals surface area contributed by atoms with Gasteiger partial charge in [-0.3, -0.25) is 4.79 Å². The van der Waals surface area contributed by atoms with E-state index in [1.165, 1.54) is 0 Å². The van der Waals surface area contributed by atoms with Gasteiger partial charge in [-0.1, -0.05) is 12.1 Å². The molecular formula is C20H21N3O3. The van der Waals surface area contributed by atoms with Gasteiger partial charge in [-0.25, -0.2) is 4.98 Å². The molecule has 3 rings (SSSR count). The number of nitrogens with zero attached hydrogens (tertiary/aromatic N) is 2. The lowest BCUT2D eigenvalue weighted by molar-refractivity contribution is 0.0950. The molecule has 0 aliphatic rings. The van der Waals surface area contributed by atoms with E-state index in [-0.39, 0.29) is 5.91 Å². The standard InChI is InChI=1S/C20H21N3O3/c1-25-18-7-6-17(19(11-18)26-2)12-22-20(24)16-5-3-4-15(10-16)13-23-9-8-21-14-23/h3-11,14H,12-13H2,1-2H3,(H,22,24). The van der Waals surface area contributed by atoms with Gasteiger partial charge in [0.2, 0.25) is 0 Å². The number of ether oxygens (including phenoxy) is 2. The van der Waals surface area contributed by atoms with Gasteiger partial charge in [0.05, 0.1) is 20.5 Å². The Kier molecular flexibility index (Phi) is 5.53. The van der Waals surface area contributed by atoms with Gasteiger partial charge >= 0.3 is 0 Å². The lowest BCUT2D eigenvalue weighted by Gasteiger charge is -2.12. The van der Waals surface area contributed by atoms with E-state index in [2.05, 4.69) is 10.3 Å². The second-order valence-corrected chi connectivity index (χ2v) is 5.80. The van der Waals surface area contributed by atoms with Crippen LogP contribution in [-0.2, 0) is 13.1 Å². The number of carbonyl (C=O) groups is 1. The molecule has 0 spiro atoms. The van der Waals surface area contributed by atoms with E-state index in [0.29, 0.717) is 30.2 Å². The van der Waals surface area contributed by atoms with Crippen molar-refractivity contribution in [3.63, 3.8) is 0 Å². The Balaban J connectivity index is 1.67. The van der Waals surface area contributed by atoms with E-state index in [9.17, 15) is 4.79 Å². The molecule has 0 fully saturated rings. The van der Waals surface area contributed by atoms with Crippen molar-refractivity contribution in [2.75, 3.05) is 14.2 Å². The number of hydrogen-bond donors (Lipinski definition) is 1. The summed E-state index contributed by atoms with van der Waals surface area (Å²) in [5.74, 6) is 1.26. The first-order valence-electron chi connectivity index (χ1n) is 8.23. The van der Waals surface area contributed by atoms with Crippen molar-refractivity contribution in [2.24, 2.45) is 0 Å². The van der Waals surface area contributed by atoms with Crippen LogP contribution in [0.4, 0.5) is 0 Å². The maximum Gasteiger partial charge on any atom is 0.251 e. The second kappa shape index (κ2) is 8.20. The smallest absolute Gasteiger partial charge is 0.251 e. The molecular weight excluding hydrogens is 330 g/mol. The number of imidazole rings is 1. The molecule has 0 aliphatic carbocycles. The van der Waals surface area contributed by atoms with Crippen LogP contribution in [0.1, 0.15) is 21.5 Å². The van der Waals surface area contributed by atoms with Crippen LogP contribution in [0.15, 0.2) is 61.2 Å². The van der Waals surface area contributed by atoms with E-state index in [0.717, 1.165) is 11.1 Å². The van der Waals surface area contributed by atoms with Gasteiger partial charge < -0.3 is 19.4 Å². The Labute approximate surface area is 152 Å². The molecule has 1 N–H and O–H groups in total. The van der Waals surface area contributed by atoms with Crippen LogP contribution in [0.2, 0.25) is 0 Å². The molecule has 1 aromatic heterocycles. The molecule has 6 heteroatoms. The van der Waals surface area contributed by atoms with Crippen LogP contribution < -0.4 is 14.8 Å². The van der Waals surface area contributed by atoms with Crippen LogP contribution in [0, 0.1) is 0 Å². The summed E-state index contributed by atoms with van der Waals surface area (Å²) in [6, 6.07) is 13.1. The van der Waals surface area contributed by atoms with Crippen LogP contribution in [-0.4, -0.2) is 29.7 Å². The van der Waals surface area contributed by atoms with Gasteiger partial charge in [0.25, 0.3) is 5.91 Å². The van der Waals surface area contributed by atoms with Gasteiger partial charge in [-0.05, 0) is 29.8 Å². The number of methoxy groups -OCH3 is 2. The first-order valence-corrected chi connectivity index (χ1v) is 8.23. The van der Waals surface area contributed by atoms with E-state index in [4.69, 9.17) is 9.47 Å². The number of carbonyl (C=O) groups excluding carboxylic acids is 1. The first kappa shape index (κ1) is 17.5. The number of aromatic nitrogens is 2. The van der Waals surface area contributed by atoms with E-state index < -0.39 is 0 Å². The summed E-state index contributed by atoms with van der Waals surface area (Å²) in [4.78, 5) is 16.5. The van der Waals surface area contributed by atoms with Gasteiger partial charge in [-0.2, -0.15) is 0 Å². The van der Waals surface area contributed by atoms with Gasteiger partial charge in [0, 0.05) is 42.7 Å². The van der Waals surface area contributed by atoms with Crippen LogP contribution >= 0.6 is 0 Å². The van der Waals surface area contributed by atoms with Crippen molar-refractivity contribution in [3.05, 3.63) is 77.9 Å². The summed E-state index contributed by atoms with van der Waals surface area (Å²) >= 11 is 0. The maximum atomic E-state index is 12.5. The molecule has 134 valence electrons. The predicted octanol–water partition coefficient (Wildman–Crippen LogP) is 2.88. The summed E-state index contributed by atoms with van der Waals surface area (Å²) in [5.41, 5.74) is 2.55. The zero-order valence-corrected chi connectivity index (χ0v) is 14.8. The molecule has 0 atom stereocenters. The van der Waals surface area contributed by atoms with Crippen molar-refractivity contribution in [3.8, 4) is 11.5 Å². The summed E-state index contributed by atoms with van der Waals surface area (Å²) in [7, 11) is 3.20. The Morgan fingerprint density at radius 2 is 2.04 bits per heavy atom. The summed E-state index contributed by atoms with van der Waals surface area (Å²) in [5, 5.41) is 2.93. The van der Waals surface area contributed by atoms with Crippen molar-refractivity contribution in [2.45, 2.75) is 13.1 Å². The maximum absolute atomic E-state index is 12.5. The highest BCUT2D eigenvalue weighted by Crippen LogP contribution is 2.24. The number of hydrogen-bond acceptors (Lipinski definition) is 4. The summed E-state index contributed by atoms with van der Waals surface area (Å²) in [6.07, 6.45) is 5.38. The molecule has 0 radical (unpaired) electrons. The quantitative estimate of drug-likeness (QED) is 0.711. The van der Waals surface area contributed by atoms with Gasteiger partial charge in [-0.15, -0.1) is 0 Å². The molecule has 0 bridgehead atoms. The Bertz CT molecular complexity index is 876. The fraction of sp³-hybridized carbons (Fsp3) is 0.200. The zero-order valence-electron chi connectivity index (χ0n) is 14.8. The molecule has 6 nitrogen and oxygen atoms in total. The van der Waals surface area contributed by atoms with Crippen molar-refractivity contribution >= 4 is 5.91 Å². The SMILES string of the molecule is COc1ccc(CNC(=O)c2cccc(Cn3ccnc3)c2)c(OC)c1. The average molecular weight is 351 g/mol. The van der Waals surface area contributed by atoms with Gasteiger partial charge in [0.15, 0.2) is 0 Å². The number of rotatable bonds is 7. The van der Waals surface area contributed by atoms with E-state index in [1.54, 1.807) is 38.9 Å². The minimum Gasteiger partial charge on any atom is -0.497 e. The molecule has 0 unspecified atom stereocenters. The fourth-order valence-electron chi connectivity index (χ4n) is 2.68. The fourth-order valence-corrected chi connectivity index (χ4v) is 2.68. The Hall–Kier alpha value is -3.28. The number of amides is 1. The van der Waals surface area contributed by atoms with Crippen LogP contribution in [0.5, 0.6) is 11.5 Å². The molecule has 0 saturated heterocycles. The molecule has 0 saturated carbocycles. The third-order valence-corrected chi connectivity index (χ3v) is 4.05. The third kappa shape index (κ3) is 4.22. The highest BCUT2D eigenvalue weighted by molar-refractivity contribution is 5.94. The molecule has 26 heavy (non-hydrogen) atoms. The Morgan fingerprint density at radius 1 is 1.15 bits per heavy atom. The second-order valence-electron chi connectivity index (χ2n) is 5.80. The van der Waals surface area contributed by atoms with E-state index >= 15 is 0 Å². The highest BCUT2D eigenvalue weighted by Gasteiger charge is 2.09. The van der Waals surface area contributed by atoms with E-state index in [1.807, 2.05) is 41.1 Å². The number of benzene rings is 2. The lowest BCUT2D eigenvalue weighted by Crippen LogP contribution is -2.23. The van der Waals surface area contributed by atoms with Crippen molar-refractivity contribution < 1.29 is 14.3 Å². The highest BCUT2D eigenvalue weighted by atomic mass is 16.5.